The van der Waals surface area contributed by atoms with Crippen LogP contribution in [0.25, 0.3) is 86.9 Å². The molecule has 0 aliphatic rings. The number of aromatic nitrogens is 2. The summed E-state index contributed by atoms with van der Waals surface area (Å²) in [5.41, 5.74) is 11.4. The van der Waals surface area contributed by atoms with Crippen LogP contribution in [0.1, 0.15) is 0 Å². The van der Waals surface area contributed by atoms with Crippen LogP contribution in [0.15, 0.2) is 158 Å². The van der Waals surface area contributed by atoms with Crippen LogP contribution in [-0.4, -0.2) is 9.13 Å². The van der Waals surface area contributed by atoms with Crippen molar-refractivity contribution < 1.29 is 0 Å². The number of fused-ring (bicyclic) bond motifs is 6. The van der Waals surface area contributed by atoms with Gasteiger partial charge in [0.05, 0.1) is 35.2 Å². The Morgan fingerprint density at radius 3 is 1.42 bits per heavy atom. The molecule has 0 aliphatic heterocycles. The first-order valence-corrected chi connectivity index (χ1v) is 15.8. The van der Waals surface area contributed by atoms with Crippen LogP contribution in [0.3, 0.4) is 0 Å². The third-order valence-corrected chi connectivity index (χ3v) is 9.38. The van der Waals surface area contributed by atoms with Gasteiger partial charge in [0.1, 0.15) is 0 Å². The Morgan fingerprint density at radius 1 is 0.396 bits per heavy atom. The van der Waals surface area contributed by atoms with Gasteiger partial charge in [-0.15, -0.1) is 0 Å². The maximum absolute atomic E-state index is 8.10. The highest BCUT2D eigenvalue weighted by atomic mass is 15.0. The fraction of sp³-hybridized carbons (Fsp3) is 0. The third kappa shape index (κ3) is 4.14. The highest BCUT2D eigenvalue weighted by molar-refractivity contribution is 6.10. The zero-order valence-electron chi connectivity index (χ0n) is 25.8. The normalized spacial score (nSPS) is 11.3. The second kappa shape index (κ2) is 10.9. The fourth-order valence-corrected chi connectivity index (χ4v) is 7.22. The van der Waals surface area contributed by atoms with Crippen molar-refractivity contribution in [1.82, 2.24) is 9.13 Å². The molecule has 0 atom stereocenters. The maximum Gasteiger partial charge on any atom is 0.195 e. The molecule has 0 saturated heterocycles. The first-order valence-electron chi connectivity index (χ1n) is 15.8. The van der Waals surface area contributed by atoms with Crippen LogP contribution in [0.2, 0.25) is 0 Å². The molecule has 7 aromatic carbocycles. The van der Waals surface area contributed by atoms with Crippen molar-refractivity contribution in [3.05, 3.63) is 181 Å². The maximum atomic E-state index is 8.10. The van der Waals surface area contributed by atoms with Gasteiger partial charge in [-0.05, 0) is 64.7 Å². The predicted octanol–water partition coefficient (Wildman–Crippen LogP) is 12.3. The van der Waals surface area contributed by atoms with Gasteiger partial charge in [-0.2, -0.15) is 0 Å². The Balaban J connectivity index is 1.21. The lowest BCUT2D eigenvalue weighted by molar-refractivity contribution is 1.18. The Kier molecular flexibility index (Phi) is 6.22. The van der Waals surface area contributed by atoms with E-state index >= 15 is 0 Å². The number of hydrogen-bond donors (Lipinski definition) is 0. The van der Waals surface area contributed by atoms with Gasteiger partial charge in [-0.1, -0.05) is 115 Å². The van der Waals surface area contributed by atoms with Crippen molar-refractivity contribution >= 4 is 55.0 Å². The van der Waals surface area contributed by atoms with E-state index in [2.05, 4.69) is 134 Å². The molecule has 0 radical (unpaired) electrons. The van der Waals surface area contributed by atoms with Crippen LogP contribution in [0.5, 0.6) is 0 Å². The second-order valence-electron chi connectivity index (χ2n) is 11.9. The van der Waals surface area contributed by atoms with E-state index in [1.807, 2.05) is 42.5 Å². The summed E-state index contributed by atoms with van der Waals surface area (Å²) in [5.74, 6) is 0. The standard InChI is InChI=1S/C44H26N4/c1-45-31-22-25-37(44(28-31)48-42-17-9-5-13-35(42)36-14-6-10-18-43(36)48)38-27-30(21-26-39(38)46-2)29-19-23-32(24-20-29)47-40-15-7-3-11-33(40)34-12-4-8-16-41(34)47/h3-28H. The molecule has 4 nitrogen and oxygen atoms in total. The Hall–Kier alpha value is -6.88. The van der Waals surface area contributed by atoms with Crippen molar-refractivity contribution in [2.45, 2.75) is 0 Å². The lowest BCUT2D eigenvalue weighted by atomic mass is 9.95. The van der Waals surface area contributed by atoms with E-state index in [4.69, 9.17) is 13.1 Å². The third-order valence-electron chi connectivity index (χ3n) is 9.38. The Bertz CT molecular complexity index is 2690. The summed E-state index contributed by atoms with van der Waals surface area (Å²) in [4.78, 5) is 7.74. The molecule has 222 valence electrons. The molecule has 0 fully saturated rings. The molecule has 0 spiro atoms. The summed E-state index contributed by atoms with van der Waals surface area (Å²) in [6.07, 6.45) is 0. The average molecular weight is 611 g/mol. The molecule has 2 heterocycles. The monoisotopic (exact) mass is 610 g/mol. The number of nitrogens with zero attached hydrogens (tertiary/aromatic N) is 4. The van der Waals surface area contributed by atoms with E-state index < -0.39 is 0 Å². The molecular formula is C44H26N4. The quantitative estimate of drug-likeness (QED) is 0.177. The molecule has 0 aliphatic carbocycles. The van der Waals surface area contributed by atoms with Gasteiger partial charge in [0.25, 0.3) is 0 Å². The number of rotatable bonds is 4. The number of para-hydroxylation sites is 4. The van der Waals surface area contributed by atoms with Gasteiger partial charge >= 0.3 is 0 Å². The second-order valence-corrected chi connectivity index (χ2v) is 11.9. The summed E-state index contributed by atoms with van der Waals surface area (Å²) in [7, 11) is 0. The minimum atomic E-state index is 0.553. The molecule has 0 amide bonds. The molecule has 0 N–H and O–H groups in total. The van der Waals surface area contributed by atoms with Crippen molar-refractivity contribution in [2.75, 3.05) is 0 Å². The fourth-order valence-electron chi connectivity index (χ4n) is 7.22. The number of benzene rings is 7. The van der Waals surface area contributed by atoms with Crippen LogP contribution in [0, 0.1) is 13.1 Å². The number of hydrogen-bond acceptors (Lipinski definition) is 0. The van der Waals surface area contributed by atoms with Gasteiger partial charge in [-0.3, -0.25) is 0 Å². The zero-order valence-corrected chi connectivity index (χ0v) is 25.8. The van der Waals surface area contributed by atoms with Gasteiger partial charge < -0.3 is 9.13 Å². The highest BCUT2D eigenvalue weighted by Gasteiger charge is 2.19. The zero-order chi connectivity index (χ0) is 32.2. The van der Waals surface area contributed by atoms with E-state index in [-0.39, 0.29) is 0 Å². The van der Waals surface area contributed by atoms with E-state index in [1.165, 1.54) is 21.8 Å². The van der Waals surface area contributed by atoms with E-state index in [0.717, 1.165) is 55.4 Å². The van der Waals surface area contributed by atoms with Gasteiger partial charge in [0.2, 0.25) is 0 Å². The topological polar surface area (TPSA) is 18.6 Å². The Labute approximate surface area is 277 Å². The molecule has 9 aromatic rings. The van der Waals surface area contributed by atoms with E-state index in [0.29, 0.717) is 11.4 Å². The summed E-state index contributed by atoms with van der Waals surface area (Å²) < 4.78 is 4.55. The average Bonchev–Trinajstić information content (AvgIpc) is 3.67. The summed E-state index contributed by atoms with van der Waals surface area (Å²) >= 11 is 0. The lowest BCUT2D eigenvalue weighted by Crippen LogP contribution is -1.97. The van der Waals surface area contributed by atoms with Crippen LogP contribution >= 0.6 is 0 Å². The largest absolute Gasteiger partial charge is 0.310 e. The van der Waals surface area contributed by atoms with E-state index in [9.17, 15) is 0 Å². The SMILES string of the molecule is [C-]#[N+]c1ccc(-c2cc(-c3ccc(-n4c5ccccc5c5ccccc54)cc3)ccc2[N+]#[C-])c(-n2c3ccccc3c3ccccc32)c1. The molecular weight excluding hydrogens is 585 g/mol. The molecule has 0 unspecified atom stereocenters. The predicted molar refractivity (Wildman–Crippen MR) is 199 cm³/mol. The van der Waals surface area contributed by atoms with Gasteiger partial charge in [0, 0.05) is 32.9 Å². The lowest BCUT2D eigenvalue weighted by Gasteiger charge is -2.17. The van der Waals surface area contributed by atoms with Crippen molar-refractivity contribution in [3.8, 4) is 33.6 Å². The van der Waals surface area contributed by atoms with Crippen LogP contribution < -0.4 is 0 Å². The molecule has 48 heavy (non-hydrogen) atoms. The van der Waals surface area contributed by atoms with Gasteiger partial charge in [-0.25, -0.2) is 9.69 Å². The molecule has 4 heteroatoms. The van der Waals surface area contributed by atoms with Crippen LogP contribution in [0.4, 0.5) is 11.4 Å². The summed E-state index contributed by atoms with van der Waals surface area (Å²) in [6, 6.07) is 54.3. The minimum Gasteiger partial charge on any atom is -0.310 e. The minimum absolute atomic E-state index is 0.553. The molecule has 0 bridgehead atoms. The first-order chi connectivity index (χ1) is 23.7. The molecule has 2 aromatic heterocycles. The van der Waals surface area contributed by atoms with E-state index in [1.54, 1.807) is 0 Å². The van der Waals surface area contributed by atoms with Crippen LogP contribution in [-0.2, 0) is 0 Å². The van der Waals surface area contributed by atoms with Crippen molar-refractivity contribution in [3.63, 3.8) is 0 Å². The first kappa shape index (κ1) is 27.4. The van der Waals surface area contributed by atoms with Crippen molar-refractivity contribution in [2.24, 2.45) is 0 Å². The summed E-state index contributed by atoms with van der Waals surface area (Å²) in [6.45, 7) is 15.9. The Morgan fingerprint density at radius 2 is 0.896 bits per heavy atom. The van der Waals surface area contributed by atoms with Gasteiger partial charge in [0.15, 0.2) is 11.4 Å². The smallest absolute Gasteiger partial charge is 0.195 e. The highest BCUT2D eigenvalue weighted by Crippen LogP contribution is 2.42. The molecule has 9 rings (SSSR count). The summed E-state index contributed by atoms with van der Waals surface area (Å²) in [5, 5.41) is 4.77. The van der Waals surface area contributed by atoms with Crippen molar-refractivity contribution in [1.29, 1.82) is 0 Å². The molecule has 0 saturated carbocycles.